The molecule has 0 spiro atoms. The molecule has 1 aliphatic rings. The van der Waals surface area contributed by atoms with Crippen LogP contribution < -0.4 is 0 Å². The third-order valence-corrected chi connectivity index (χ3v) is 4.81. The van der Waals surface area contributed by atoms with Gasteiger partial charge in [-0.15, -0.1) is 11.3 Å². The molecule has 2 aromatic rings. The summed E-state index contributed by atoms with van der Waals surface area (Å²) < 4.78 is 0. The summed E-state index contributed by atoms with van der Waals surface area (Å²) in [5.41, 5.74) is 2.60. The summed E-state index contributed by atoms with van der Waals surface area (Å²) in [7, 11) is 0. The molecule has 20 heavy (non-hydrogen) atoms. The van der Waals surface area contributed by atoms with E-state index in [9.17, 15) is 5.11 Å². The number of aliphatic hydroxyl groups is 1. The summed E-state index contributed by atoms with van der Waals surface area (Å²) in [6.45, 7) is 2.59. The fraction of sp³-hybridized carbons (Fsp3) is 0.438. The van der Waals surface area contributed by atoms with Crippen molar-refractivity contribution in [2.75, 3.05) is 13.2 Å². The molecule has 4 heteroatoms. The van der Waals surface area contributed by atoms with Crippen molar-refractivity contribution in [3.05, 3.63) is 51.5 Å². The van der Waals surface area contributed by atoms with Crippen molar-refractivity contribution in [1.29, 1.82) is 0 Å². The molecule has 0 fully saturated rings. The van der Waals surface area contributed by atoms with E-state index in [1.165, 1.54) is 34.0 Å². The number of benzene rings is 1. The summed E-state index contributed by atoms with van der Waals surface area (Å²) in [5, 5.41) is 10.4. The highest BCUT2D eigenvalue weighted by Crippen LogP contribution is 2.28. The average Bonchev–Trinajstić information content (AvgIpc) is 3.01. The Hall–Kier alpha value is -1.23. The average molecular weight is 288 g/mol. The topological polar surface area (TPSA) is 36.4 Å². The largest absolute Gasteiger partial charge is 0.395 e. The van der Waals surface area contributed by atoms with Crippen molar-refractivity contribution in [2.45, 2.75) is 32.4 Å². The molecule has 0 unspecified atom stereocenters. The van der Waals surface area contributed by atoms with Crippen LogP contribution in [-0.4, -0.2) is 28.1 Å². The van der Waals surface area contributed by atoms with Crippen molar-refractivity contribution in [2.24, 2.45) is 0 Å². The molecule has 0 bridgehead atoms. The molecule has 1 N–H and O–H groups in total. The van der Waals surface area contributed by atoms with E-state index in [0.717, 1.165) is 19.5 Å². The number of hydrogen-bond donors (Lipinski definition) is 1. The molecule has 1 heterocycles. The Labute approximate surface area is 123 Å². The van der Waals surface area contributed by atoms with Crippen LogP contribution in [0.1, 0.15) is 27.6 Å². The summed E-state index contributed by atoms with van der Waals surface area (Å²) in [6.07, 6.45) is 3.61. The van der Waals surface area contributed by atoms with Gasteiger partial charge in [-0.05, 0) is 24.8 Å². The lowest BCUT2D eigenvalue weighted by atomic mass is 10.2. The van der Waals surface area contributed by atoms with Crippen LogP contribution in [0.15, 0.2) is 30.3 Å². The predicted octanol–water partition coefficient (Wildman–Crippen LogP) is 2.63. The van der Waals surface area contributed by atoms with Crippen molar-refractivity contribution >= 4 is 11.3 Å². The fourth-order valence-electron chi connectivity index (χ4n) is 2.70. The Morgan fingerprint density at radius 1 is 1.15 bits per heavy atom. The summed E-state index contributed by atoms with van der Waals surface area (Å²) >= 11 is 1.85. The molecule has 3 rings (SSSR count). The van der Waals surface area contributed by atoms with E-state index in [2.05, 4.69) is 29.2 Å². The van der Waals surface area contributed by atoms with Crippen LogP contribution in [0.2, 0.25) is 0 Å². The van der Waals surface area contributed by atoms with Gasteiger partial charge >= 0.3 is 0 Å². The number of thiazole rings is 1. The standard InChI is InChI=1S/C16H20N2OS/c19-10-9-18(11-13-5-2-1-3-6-13)12-16-17-14-7-4-8-15(14)20-16/h1-3,5-6,19H,4,7-12H2. The van der Waals surface area contributed by atoms with Gasteiger partial charge in [0.25, 0.3) is 0 Å². The normalized spacial score (nSPS) is 13.9. The second kappa shape index (κ2) is 6.48. The van der Waals surface area contributed by atoms with Gasteiger partial charge in [0.1, 0.15) is 5.01 Å². The van der Waals surface area contributed by atoms with Gasteiger partial charge in [0, 0.05) is 18.0 Å². The number of aromatic nitrogens is 1. The van der Waals surface area contributed by atoms with Gasteiger partial charge in [0.15, 0.2) is 0 Å². The van der Waals surface area contributed by atoms with Crippen LogP contribution in [0, 0.1) is 0 Å². The molecular formula is C16H20N2OS. The first-order chi connectivity index (χ1) is 9.85. The van der Waals surface area contributed by atoms with Crippen LogP contribution in [0.4, 0.5) is 0 Å². The molecule has 106 valence electrons. The maximum absolute atomic E-state index is 9.25. The Balaban J connectivity index is 1.67. The second-order valence-corrected chi connectivity index (χ2v) is 6.42. The minimum atomic E-state index is 0.192. The Morgan fingerprint density at radius 2 is 2.00 bits per heavy atom. The van der Waals surface area contributed by atoms with Crippen LogP contribution in [0.3, 0.4) is 0 Å². The van der Waals surface area contributed by atoms with Crippen LogP contribution in [-0.2, 0) is 25.9 Å². The molecule has 1 aromatic carbocycles. The number of aryl methyl sites for hydroxylation is 2. The zero-order chi connectivity index (χ0) is 13.8. The van der Waals surface area contributed by atoms with Gasteiger partial charge in [-0.1, -0.05) is 30.3 Å². The molecular weight excluding hydrogens is 268 g/mol. The number of aliphatic hydroxyl groups excluding tert-OH is 1. The zero-order valence-electron chi connectivity index (χ0n) is 11.6. The SMILES string of the molecule is OCCN(Cc1ccccc1)Cc1nc2c(s1)CCC2. The van der Waals surface area contributed by atoms with Crippen molar-refractivity contribution in [3.8, 4) is 0 Å². The predicted molar refractivity (Wildman–Crippen MR) is 81.8 cm³/mol. The van der Waals surface area contributed by atoms with Crippen molar-refractivity contribution in [3.63, 3.8) is 0 Å². The van der Waals surface area contributed by atoms with E-state index in [1.54, 1.807) is 0 Å². The van der Waals surface area contributed by atoms with E-state index in [-0.39, 0.29) is 6.61 Å². The van der Waals surface area contributed by atoms with Crippen molar-refractivity contribution in [1.82, 2.24) is 9.88 Å². The monoisotopic (exact) mass is 288 g/mol. The Kier molecular flexibility index (Phi) is 4.45. The highest BCUT2D eigenvalue weighted by molar-refractivity contribution is 7.11. The van der Waals surface area contributed by atoms with Crippen LogP contribution >= 0.6 is 11.3 Å². The molecule has 1 aliphatic carbocycles. The lowest BCUT2D eigenvalue weighted by Gasteiger charge is -2.20. The maximum atomic E-state index is 9.25. The molecule has 0 aliphatic heterocycles. The van der Waals surface area contributed by atoms with Gasteiger partial charge in [0.05, 0.1) is 18.8 Å². The molecule has 0 atom stereocenters. The van der Waals surface area contributed by atoms with Crippen molar-refractivity contribution < 1.29 is 5.11 Å². The lowest BCUT2D eigenvalue weighted by Crippen LogP contribution is -2.26. The second-order valence-electron chi connectivity index (χ2n) is 5.25. The van der Waals surface area contributed by atoms with E-state index in [0.29, 0.717) is 6.54 Å². The minimum Gasteiger partial charge on any atom is -0.395 e. The van der Waals surface area contributed by atoms with E-state index in [1.807, 2.05) is 17.4 Å². The molecule has 3 nitrogen and oxygen atoms in total. The van der Waals surface area contributed by atoms with Gasteiger partial charge in [-0.2, -0.15) is 0 Å². The number of fused-ring (bicyclic) bond motifs is 1. The van der Waals surface area contributed by atoms with Gasteiger partial charge in [-0.25, -0.2) is 4.98 Å². The highest BCUT2D eigenvalue weighted by atomic mass is 32.1. The third-order valence-electron chi connectivity index (χ3n) is 3.66. The number of rotatable bonds is 6. The van der Waals surface area contributed by atoms with E-state index < -0.39 is 0 Å². The minimum absolute atomic E-state index is 0.192. The first-order valence-electron chi connectivity index (χ1n) is 7.20. The first kappa shape index (κ1) is 13.7. The van der Waals surface area contributed by atoms with Crippen LogP contribution in [0.25, 0.3) is 0 Å². The quantitative estimate of drug-likeness (QED) is 0.887. The molecule has 0 saturated carbocycles. The van der Waals surface area contributed by atoms with Gasteiger partial charge in [0.2, 0.25) is 0 Å². The van der Waals surface area contributed by atoms with E-state index in [4.69, 9.17) is 4.98 Å². The Morgan fingerprint density at radius 3 is 2.75 bits per heavy atom. The lowest BCUT2D eigenvalue weighted by molar-refractivity contribution is 0.184. The third kappa shape index (κ3) is 3.26. The summed E-state index contributed by atoms with van der Waals surface area (Å²) in [4.78, 5) is 8.49. The fourth-order valence-corrected chi connectivity index (χ4v) is 3.90. The molecule has 0 amide bonds. The maximum Gasteiger partial charge on any atom is 0.107 e. The summed E-state index contributed by atoms with van der Waals surface area (Å²) in [5.74, 6) is 0. The van der Waals surface area contributed by atoms with E-state index >= 15 is 0 Å². The first-order valence-corrected chi connectivity index (χ1v) is 8.01. The number of hydrogen-bond acceptors (Lipinski definition) is 4. The smallest absolute Gasteiger partial charge is 0.107 e. The van der Waals surface area contributed by atoms with Gasteiger partial charge < -0.3 is 5.11 Å². The van der Waals surface area contributed by atoms with Gasteiger partial charge in [-0.3, -0.25) is 4.90 Å². The molecule has 1 aromatic heterocycles. The Bertz CT molecular complexity index is 531. The zero-order valence-corrected chi connectivity index (χ0v) is 12.4. The summed E-state index contributed by atoms with van der Waals surface area (Å²) in [6, 6.07) is 10.4. The van der Waals surface area contributed by atoms with Crippen LogP contribution in [0.5, 0.6) is 0 Å². The molecule has 0 radical (unpaired) electrons. The number of nitrogens with zero attached hydrogens (tertiary/aromatic N) is 2. The molecule has 0 saturated heterocycles. The highest BCUT2D eigenvalue weighted by Gasteiger charge is 2.18.